The van der Waals surface area contributed by atoms with Crippen molar-refractivity contribution in [3.8, 4) is 5.75 Å². The zero-order valence-corrected chi connectivity index (χ0v) is 21.7. The SMILES string of the molecule is CC1(C)S(=O)[C@@H]2[C@H](NC=O)C(=O)N2[C@@]1(NC(=O)C(N)c1ccc(OC(=O)OCc2ccccc2)cc1)C(=O)O. The van der Waals surface area contributed by atoms with Crippen LogP contribution in [0.2, 0.25) is 0 Å². The highest BCUT2D eigenvalue weighted by Crippen LogP contribution is 2.49. The second-order valence-electron chi connectivity index (χ2n) is 9.35. The number of nitrogens with one attached hydrogen (secondary N) is 2. The summed E-state index contributed by atoms with van der Waals surface area (Å²) in [4.78, 5) is 62.1. The molecule has 5 N–H and O–H groups in total. The first-order valence-electron chi connectivity index (χ1n) is 11.7. The van der Waals surface area contributed by atoms with Gasteiger partial charge in [-0.25, -0.2) is 9.59 Å². The zero-order valence-electron chi connectivity index (χ0n) is 20.9. The van der Waals surface area contributed by atoms with Crippen LogP contribution < -0.4 is 21.1 Å². The second-order valence-corrected chi connectivity index (χ2v) is 11.4. The van der Waals surface area contributed by atoms with Gasteiger partial charge < -0.3 is 30.9 Å². The van der Waals surface area contributed by atoms with E-state index in [1.807, 2.05) is 6.07 Å². The van der Waals surface area contributed by atoms with Crippen molar-refractivity contribution in [1.82, 2.24) is 15.5 Å². The molecule has 0 aliphatic carbocycles. The third-order valence-electron chi connectivity index (χ3n) is 6.78. The molecule has 2 fully saturated rings. The summed E-state index contributed by atoms with van der Waals surface area (Å²) in [5.74, 6) is -3.26. The largest absolute Gasteiger partial charge is 0.514 e. The summed E-state index contributed by atoms with van der Waals surface area (Å²) in [7, 11) is -1.97. The van der Waals surface area contributed by atoms with Crippen LogP contribution in [0.4, 0.5) is 4.79 Å². The average molecular weight is 559 g/mol. The molecule has 0 spiro atoms. The Morgan fingerprint density at radius 2 is 1.79 bits per heavy atom. The van der Waals surface area contributed by atoms with Crippen molar-refractivity contribution >= 4 is 41.1 Å². The number of carbonyl (C=O) groups excluding carboxylic acids is 4. The maximum absolute atomic E-state index is 13.2. The molecule has 39 heavy (non-hydrogen) atoms. The molecule has 2 aromatic carbocycles. The van der Waals surface area contributed by atoms with E-state index in [9.17, 15) is 33.3 Å². The van der Waals surface area contributed by atoms with Crippen molar-refractivity contribution in [1.29, 1.82) is 0 Å². The van der Waals surface area contributed by atoms with Crippen molar-refractivity contribution in [3.05, 3.63) is 65.7 Å². The Morgan fingerprint density at radius 3 is 2.38 bits per heavy atom. The first-order chi connectivity index (χ1) is 18.5. The highest BCUT2D eigenvalue weighted by atomic mass is 32.2. The molecule has 2 aliphatic heterocycles. The molecule has 2 heterocycles. The van der Waals surface area contributed by atoms with E-state index >= 15 is 0 Å². The number of fused-ring (bicyclic) bond motifs is 1. The fourth-order valence-electron chi connectivity index (χ4n) is 4.62. The molecule has 2 saturated heterocycles. The number of hydrogen-bond acceptors (Lipinski definition) is 9. The highest BCUT2D eigenvalue weighted by molar-refractivity contribution is 7.87. The van der Waals surface area contributed by atoms with E-state index in [0.717, 1.165) is 10.5 Å². The van der Waals surface area contributed by atoms with Crippen LogP contribution in [0.15, 0.2) is 54.6 Å². The molecule has 5 atom stereocenters. The summed E-state index contributed by atoms with van der Waals surface area (Å²) in [5.41, 5.74) is 4.72. The molecule has 2 aromatic rings. The number of benzene rings is 2. The minimum atomic E-state index is -2.39. The van der Waals surface area contributed by atoms with Gasteiger partial charge in [0.1, 0.15) is 29.8 Å². The molecule has 0 radical (unpaired) electrons. The molecule has 2 aliphatic rings. The zero-order chi connectivity index (χ0) is 28.5. The van der Waals surface area contributed by atoms with Gasteiger partial charge in [-0.3, -0.25) is 23.5 Å². The molecule has 13 nitrogen and oxygen atoms in total. The van der Waals surface area contributed by atoms with Gasteiger partial charge in [0, 0.05) is 0 Å². The smallest absolute Gasteiger partial charge is 0.478 e. The van der Waals surface area contributed by atoms with Gasteiger partial charge >= 0.3 is 12.1 Å². The van der Waals surface area contributed by atoms with Gasteiger partial charge in [0.2, 0.25) is 18.0 Å². The molecule has 4 rings (SSSR count). The minimum Gasteiger partial charge on any atom is -0.478 e. The number of hydrogen-bond donors (Lipinski definition) is 4. The van der Waals surface area contributed by atoms with E-state index in [2.05, 4.69) is 10.6 Å². The molecular weight excluding hydrogens is 532 g/mol. The second kappa shape index (κ2) is 10.5. The standard InChI is InChI=1S/C25H26N4O9S/c1-24(2)25(22(33)34,29-20(32)18(27-13-30)21(29)39(24)36)28-19(31)17(26)15-8-10-16(11-9-15)38-23(35)37-12-14-6-4-3-5-7-14/h3-11,13,17-18,21H,12,26H2,1-2H3,(H,27,30)(H,28,31)(H,33,34)/t17?,18-,21-,25+,39?/m1/s1. The Hall–Kier alpha value is -4.30. The lowest BCUT2D eigenvalue weighted by Crippen LogP contribution is -2.80. The first kappa shape index (κ1) is 27.7. The third-order valence-corrected chi connectivity index (χ3v) is 9.00. The Kier molecular flexibility index (Phi) is 7.44. The summed E-state index contributed by atoms with van der Waals surface area (Å²) < 4.78 is 21.7. The third kappa shape index (κ3) is 4.61. The van der Waals surface area contributed by atoms with E-state index in [0.29, 0.717) is 0 Å². The Morgan fingerprint density at radius 1 is 1.15 bits per heavy atom. The minimum absolute atomic E-state index is 0.0155. The van der Waals surface area contributed by atoms with Crippen molar-refractivity contribution < 1.29 is 42.8 Å². The van der Waals surface area contributed by atoms with E-state index in [1.165, 1.54) is 38.1 Å². The quantitative estimate of drug-likeness (QED) is 0.142. The number of carbonyl (C=O) groups is 5. The number of carboxylic acid groups (broad SMARTS) is 1. The van der Waals surface area contributed by atoms with Gasteiger partial charge in [-0.2, -0.15) is 0 Å². The van der Waals surface area contributed by atoms with Crippen molar-refractivity contribution in [2.45, 2.75) is 48.3 Å². The molecule has 0 bridgehead atoms. The summed E-state index contributed by atoms with van der Waals surface area (Å²) in [6.45, 7) is 2.70. The maximum atomic E-state index is 13.2. The summed E-state index contributed by atoms with van der Waals surface area (Å²) in [6, 6.07) is 12.0. The molecule has 14 heteroatoms. The van der Waals surface area contributed by atoms with Crippen LogP contribution in [0.3, 0.4) is 0 Å². The van der Waals surface area contributed by atoms with Crippen molar-refractivity contribution in [2.75, 3.05) is 0 Å². The average Bonchev–Trinajstić information content (AvgIpc) is 3.07. The number of ether oxygens (including phenoxy) is 2. The molecule has 206 valence electrons. The van der Waals surface area contributed by atoms with Gasteiger partial charge in [0.25, 0.3) is 5.91 Å². The lowest BCUT2D eigenvalue weighted by Gasteiger charge is -2.49. The fourth-order valence-corrected chi connectivity index (χ4v) is 6.65. The van der Waals surface area contributed by atoms with E-state index in [1.54, 1.807) is 24.3 Å². The number of rotatable bonds is 9. The summed E-state index contributed by atoms with van der Waals surface area (Å²) in [5, 5.41) is 13.6. The van der Waals surface area contributed by atoms with Crippen molar-refractivity contribution in [3.63, 3.8) is 0 Å². The lowest BCUT2D eigenvalue weighted by molar-refractivity contribution is -0.176. The lowest BCUT2D eigenvalue weighted by atomic mass is 9.88. The van der Waals surface area contributed by atoms with E-state index in [-0.39, 0.29) is 24.3 Å². The summed E-state index contributed by atoms with van der Waals surface area (Å²) in [6.07, 6.45) is -0.680. The molecule has 0 saturated carbocycles. The Labute approximate surface area is 225 Å². The number of aliphatic carboxylic acids is 1. The molecular formula is C25H26N4O9S. The van der Waals surface area contributed by atoms with Gasteiger partial charge in [-0.05, 0) is 37.1 Å². The first-order valence-corrected chi connectivity index (χ1v) is 12.9. The highest BCUT2D eigenvalue weighted by Gasteiger charge is 2.77. The number of nitrogens with zero attached hydrogens (tertiary/aromatic N) is 1. The van der Waals surface area contributed by atoms with Crippen LogP contribution in [-0.2, 0) is 41.3 Å². The number of amides is 3. The van der Waals surface area contributed by atoms with Crippen LogP contribution in [0.25, 0.3) is 0 Å². The summed E-state index contributed by atoms with van der Waals surface area (Å²) >= 11 is 0. The monoisotopic (exact) mass is 558 g/mol. The maximum Gasteiger partial charge on any atom is 0.514 e. The normalized spacial score (nSPS) is 25.5. The van der Waals surface area contributed by atoms with Gasteiger partial charge in [0.15, 0.2) is 0 Å². The predicted molar refractivity (Wildman–Crippen MR) is 135 cm³/mol. The number of nitrogens with two attached hydrogens (primary N) is 1. The number of β-lactam (4-membered cyclic amide) rings is 1. The van der Waals surface area contributed by atoms with Gasteiger partial charge in [-0.1, -0.05) is 42.5 Å². The molecule has 0 aromatic heterocycles. The molecule has 2 unspecified atom stereocenters. The van der Waals surface area contributed by atoms with Gasteiger partial charge in [0.05, 0.1) is 15.5 Å². The topological polar surface area (TPSA) is 194 Å². The predicted octanol–water partition coefficient (Wildman–Crippen LogP) is 0.123. The van der Waals surface area contributed by atoms with E-state index in [4.69, 9.17) is 15.2 Å². The van der Waals surface area contributed by atoms with Crippen LogP contribution in [-0.4, -0.2) is 66.4 Å². The van der Waals surface area contributed by atoms with Crippen LogP contribution in [0.1, 0.15) is 31.0 Å². The number of carboxylic acids is 1. The molecule has 3 amide bonds. The van der Waals surface area contributed by atoms with Gasteiger partial charge in [-0.15, -0.1) is 0 Å². The Bertz CT molecular complexity index is 1330. The van der Waals surface area contributed by atoms with Crippen LogP contribution in [0, 0.1) is 0 Å². The van der Waals surface area contributed by atoms with Crippen molar-refractivity contribution in [2.24, 2.45) is 5.73 Å². The van der Waals surface area contributed by atoms with Crippen LogP contribution >= 0.6 is 0 Å². The van der Waals surface area contributed by atoms with E-state index < -0.39 is 62.6 Å². The van der Waals surface area contributed by atoms with Crippen LogP contribution in [0.5, 0.6) is 5.75 Å². The fraction of sp³-hybridized carbons (Fsp3) is 0.320. The Balaban J connectivity index is 1.46.